The topological polar surface area (TPSA) is 0 Å². The smallest absolute Gasteiger partial charge is 0.0155 e. The van der Waals surface area contributed by atoms with Gasteiger partial charge in [-0.2, -0.15) is 0 Å². The first-order chi connectivity index (χ1) is 8.42. The van der Waals surface area contributed by atoms with E-state index in [4.69, 9.17) is 0 Å². The highest BCUT2D eigenvalue weighted by Gasteiger charge is 2.34. The molecular weight excluding hydrogens is 204 g/mol. The van der Waals surface area contributed by atoms with E-state index < -0.39 is 0 Å². The van der Waals surface area contributed by atoms with Crippen LogP contribution in [0.5, 0.6) is 0 Å². The summed E-state index contributed by atoms with van der Waals surface area (Å²) in [6.45, 7) is 4.00. The quantitative estimate of drug-likeness (QED) is 0.623. The molecule has 0 saturated heterocycles. The van der Waals surface area contributed by atoms with Crippen LogP contribution in [0.1, 0.15) is 33.1 Å². The molecule has 0 N–H and O–H groups in total. The molecule has 17 heavy (non-hydrogen) atoms. The Morgan fingerprint density at radius 3 is 2.53 bits per heavy atom. The molecule has 0 aliphatic heterocycles. The van der Waals surface area contributed by atoms with E-state index in [1.165, 1.54) is 30.4 Å². The summed E-state index contributed by atoms with van der Waals surface area (Å²) in [6.07, 6.45) is 22.0. The summed E-state index contributed by atoms with van der Waals surface area (Å²) in [5.41, 5.74) is 2.74. The third-order valence-corrected chi connectivity index (χ3v) is 3.33. The lowest BCUT2D eigenvalue weighted by molar-refractivity contribution is 0.971. The van der Waals surface area contributed by atoms with E-state index in [1.54, 1.807) is 0 Å². The predicted octanol–water partition coefficient (Wildman–Crippen LogP) is 4.98. The van der Waals surface area contributed by atoms with Crippen LogP contribution in [0.15, 0.2) is 59.8 Å². The van der Waals surface area contributed by atoms with Crippen molar-refractivity contribution in [2.75, 3.05) is 0 Å². The van der Waals surface area contributed by atoms with E-state index in [2.05, 4.69) is 48.6 Å². The summed E-state index contributed by atoms with van der Waals surface area (Å²) in [7, 11) is 0. The van der Waals surface area contributed by atoms with Gasteiger partial charge in [0.25, 0.3) is 0 Å². The summed E-state index contributed by atoms with van der Waals surface area (Å²) >= 11 is 0. The van der Waals surface area contributed by atoms with Crippen LogP contribution in [0.2, 0.25) is 0 Å². The standard InChI is InChI=1S/C15H16.C2H6/c1-2-4-12(5-3-1)6-7-13-8-9-14-11-15(14)10-13;1-2/h2,4-10,14-15H,1,3,11H2;1-2H3/b7-6+;. The summed E-state index contributed by atoms with van der Waals surface area (Å²) in [5, 5.41) is 0. The molecule has 3 aliphatic carbocycles. The van der Waals surface area contributed by atoms with Crippen molar-refractivity contribution in [2.45, 2.75) is 33.1 Å². The second-order valence-corrected chi connectivity index (χ2v) is 4.61. The van der Waals surface area contributed by atoms with E-state index in [-0.39, 0.29) is 0 Å². The Balaban J connectivity index is 0.000000514. The van der Waals surface area contributed by atoms with Crippen LogP contribution >= 0.6 is 0 Å². The first-order valence-electron chi connectivity index (χ1n) is 6.87. The molecule has 90 valence electrons. The Labute approximate surface area is 105 Å². The molecule has 0 amide bonds. The fraction of sp³-hybridized carbons (Fsp3) is 0.412. The van der Waals surface area contributed by atoms with Crippen molar-refractivity contribution in [1.29, 1.82) is 0 Å². The number of rotatable bonds is 2. The maximum absolute atomic E-state index is 2.41. The van der Waals surface area contributed by atoms with Gasteiger partial charge in [0.05, 0.1) is 0 Å². The molecule has 2 unspecified atom stereocenters. The normalized spacial score (nSPS) is 29.1. The SMILES string of the molecule is C1=CC(/C=C/C2=CC3CC3C=C2)=CCC1.CC. The van der Waals surface area contributed by atoms with Crippen LogP contribution in [0.3, 0.4) is 0 Å². The van der Waals surface area contributed by atoms with Gasteiger partial charge in [-0.05, 0) is 42.2 Å². The van der Waals surface area contributed by atoms with Gasteiger partial charge in [0.2, 0.25) is 0 Å². The van der Waals surface area contributed by atoms with E-state index in [0.717, 1.165) is 11.8 Å². The number of fused-ring (bicyclic) bond motifs is 1. The van der Waals surface area contributed by atoms with Gasteiger partial charge in [-0.3, -0.25) is 0 Å². The maximum Gasteiger partial charge on any atom is -0.0155 e. The van der Waals surface area contributed by atoms with Crippen molar-refractivity contribution in [3.63, 3.8) is 0 Å². The van der Waals surface area contributed by atoms with Gasteiger partial charge in [0.15, 0.2) is 0 Å². The van der Waals surface area contributed by atoms with Crippen molar-refractivity contribution in [1.82, 2.24) is 0 Å². The zero-order chi connectivity index (χ0) is 12.1. The van der Waals surface area contributed by atoms with Gasteiger partial charge in [-0.1, -0.05) is 62.5 Å². The van der Waals surface area contributed by atoms with Gasteiger partial charge in [-0.25, -0.2) is 0 Å². The highest BCUT2D eigenvalue weighted by Crippen LogP contribution is 2.44. The van der Waals surface area contributed by atoms with Crippen molar-refractivity contribution in [3.05, 3.63) is 59.8 Å². The molecule has 0 aromatic heterocycles. The Kier molecular flexibility index (Phi) is 4.19. The second kappa shape index (κ2) is 5.86. The van der Waals surface area contributed by atoms with Crippen LogP contribution in [0.4, 0.5) is 0 Å². The van der Waals surface area contributed by atoms with Crippen LogP contribution in [0, 0.1) is 11.8 Å². The Morgan fingerprint density at radius 2 is 1.82 bits per heavy atom. The minimum Gasteiger partial charge on any atom is -0.0836 e. The minimum absolute atomic E-state index is 0.852. The predicted molar refractivity (Wildman–Crippen MR) is 75.8 cm³/mol. The number of hydrogen-bond donors (Lipinski definition) is 0. The fourth-order valence-electron chi connectivity index (χ4n) is 2.25. The molecule has 3 rings (SSSR count). The van der Waals surface area contributed by atoms with Crippen molar-refractivity contribution in [2.24, 2.45) is 11.8 Å². The van der Waals surface area contributed by atoms with Gasteiger partial charge in [-0.15, -0.1) is 0 Å². The summed E-state index contributed by atoms with van der Waals surface area (Å²) in [4.78, 5) is 0. The molecular formula is C17H22. The maximum atomic E-state index is 2.41. The lowest BCUT2D eigenvalue weighted by Crippen LogP contribution is -1.85. The highest BCUT2D eigenvalue weighted by atomic mass is 14.4. The molecule has 0 heteroatoms. The fourth-order valence-corrected chi connectivity index (χ4v) is 2.25. The van der Waals surface area contributed by atoms with Gasteiger partial charge in [0, 0.05) is 0 Å². The molecule has 0 radical (unpaired) electrons. The van der Waals surface area contributed by atoms with Crippen LogP contribution in [-0.2, 0) is 0 Å². The average Bonchev–Trinajstić information content (AvgIpc) is 3.18. The Bertz CT molecular complexity index is 402. The molecule has 0 aromatic rings. The number of allylic oxidation sites excluding steroid dienone is 10. The van der Waals surface area contributed by atoms with Gasteiger partial charge < -0.3 is 0 Å². The lowest BCUT2D eigenvalue weighted by atomic mass is 10.0. The largest absolute Gasteiger partial charge is 0.0836 e. The Morgan fingerprint density at radius 1 is 1.00 bits per heavy atom. The molecule has 0 aromatic carbocycles. The molecule has 3 aliphatic rings. The Hall–Kier alpha value is -1.30. The van der Waals surface area contributed by atoms with Crippen LogP contribution in [-0.4, -0.2) is 0 Å². The van der Waals surface area contributed by atoms with Crippen molar-refractivity contribution in [3.8, 4) is 0 Å². The van der Waals surface area contributed by atoms with Gasteiger partial charge >= 0.3 is 0 Å². The third-order valence-electron chi connectivity index (χ3n) is 3.33. The zero-order valence-corrected chi connectivity index (χ0v) is 10.9. The third kappa shape index (κ3) is 3.33. The first kappa shape index (κ1) is 12.2. The molecule has 0 heterocycles. The van der Waals surface area contributed by atoms with Crippen LogP contribution < -0.4 is 0 Å². The van der Waals surface area contributed by atoms with Gasteiger partial charge in [0.1, 0.15) is 0 Å². The van der Waals surface area contributed by atoms with Crippen LogP contribution in [0.25, 0.3) is 0 Å². The summed E-state index contributed by atoms with van der Waals surface area (Å²) in [6, 6.07) is 0. The molecule has 0 spiro atoms. The second-order valence-electron chi connectivity index (χ2n) is 4.61. The molecule has 1 saturated carbocycles. The van der Waals surface area contributed by atoms with Crippen molar-refractivity contribution >= 4 is 0 Å². The number of hydrogen-bond acceptors (Lipinski definition) is 0. The summed E-state index contributed by atoms with van der Waals surface area (Å²) in [5.74, 6) is 1.72. The zero-order valence-electron chi connectivity index (χ0n) is 10.9. The molecule has 0 nitrogen and oxygen atoms in total. The van der Waals surface area contributed by atoms with E-state index >= 15 is 0 Å². The lowest BCUT2D eigenvalue weighted by Gasteiger charge is -2.03. The first-order valence-corrected chi connectivity index (χ1v) is 6.87. The molecule has 1 fully saturated rings. The van der Waals surface area contributed by atoms with E-state index in [9.17, 15) is 0 Å². The monoisotopic (exact) mass is 226 g/mol. The molecule has 2 atom stereocenters. The van der Waals surface area contributed by atoms with Crippen molar-refractivity contribution < 1.29 is 0 Å². The highest BCUT2D eigenvalue weighted by molar-refractivity contribution is 5.43. The summed E-state index contributed by atoms with van der Waals surface area (Å²) < 4.78 is 0. The molecule has 0 bridgehead atoms. The minimum atomic E-state index is 0.852. The average molecular weight is 226 g/mol. The van der Waals surface area contributed by atoms with E-state index in [1.807, 2.05) is 13.8 Å². The van der Waals surface area contributed by atoms with E-state index in [0.29, 0.717) is 0 Å².